The number of carbonyl (C=O) groups is 2. The van der Waals surface area contributed by atoms with Crippen LogP contribution in [0, 0.1) is 19.7 Å². The molecule has 1 heterocycles. The number of nitrogens with one attached hydrogen (secondary N) is 2. The lowest BCUT2D eigenvalue weighted by Crippen LogP contribution is -2.27. The fourth-order valence-electron chi connectivity index (χ4n) is 3.45. The fourth-order valence-corrected chi connectivity index (χ4v) is 3.45. The second-order valence-corrected chi connectivity index (χ2v) is 7.34. The monoisotopic (exact) mass is 391 g/mol. The molecule has 0 bridgehead atoms. The summed E-state index contributed by atoms with van der Waals surface area (Å²) in [7, 11) is 0. The molecule has 0 saturated heterocycles. The zero-order valence-electron chi connectivity index (χ0n) is 16.3. The molecule has 5 nitrogen and oxygen atoms in total. The summed E-state index contributed by atoms with van der Waals surface area (Å²) >= 11 is 0. The van der Waals surface area contributed by atoms with Crippen molar-refractivity contribution >= 4 is 17.5 Å². The number of amides is 2. The summed E-state index contributed by atoms with van der Waals surface area (Å²) in [4.78, 5) is 25.5. The van der Waals surface area contributed by atoms with E-state index in [-0.39, 0.29) is 23.7 Å². The number of anilines is 1. The molecule has 29 heavy (non-hydrogen) atoms. The van der Waals surface area contributed by atoms with Crippen LogP contribution in [0.2, 0.25) is 0 Å². The number of hydrogen-bond acceptors (Lipinski definition) is 2. The summed E-state index contributed by atoms with van der Waals surface area (Å²) < 4.78 is 15.2. The molecule has 1 aliphatic carbocycles. The third-order valence-electron chi connectivity index (χ3n) is 5.09. The van der Waals surface area contributed by atoms with E-state index in [0.29, 0.717) is 16.8 Å². The molecule has 1 saturated carbocycles. The average Bonchev–Trinajstić information content (AvgIpc) is 3.46. The van der Waals surface area contributed by atoms with Crippen LogP contribution in [0.4, 0.5) is 10.1 Å². The molecule has 2 amide bonds. The van der Waals surface area contributed by atoms with Crippen LogP contribution < -0.4 is 10.6 Å². The van der Waals surface area contributed by atoms with Gasteiger partial charge in [0.25, 0.3) is 11.8 Å². The van der Waals surface area contributed by atoms with Crippen LogP contribution in [-0.4, -0.2) is 22.4 Å². The predicted octanol–water partition coefficient (Wildman–Crippen LogP) is 4.38. The minimum atomic E-state index is -0.310. The van der Waals surface area contributed by atoms with Crippen LogP contribution in [0.3, 0.4) is 0 Å². The predicted molar refractivity (Wildman–Crippen MR) is 110 cm³/mol. The number of carbonyl (C=O) groups excluding carboxylic acids is 2. The molecule has 1 fully saturated rings. The van der Waals surface area contributed by atoms with E-state index in [4.69, 9.17) is 0 Å². The molecule has 0 radical (unpaired) electrons. The van der Waals surface area contributed by atoms with Gasteiger partial charge in [-0.3, -0.25) is 9.59 Å². The number of benzene rings is 2. The number of aromatic nitrogens is 1. The molecule has 2 aromatic carbocycles. The molecule has 1 aliphatic rings. The molecular weight excluding hydrogens is 369 g/mol. The highest BCUT2D eigenvalue weighted by molar-refractivity contribution is 6.09. The molecule has 0 spiro atoms. The van der Waals surface area contributed by atoms with E-state index in [1.54, 1.807) is 42.5 Å². The van der Waals surface area contributed by atoms with Crippen molar-refractivity contribution in [3.8, 4) is 5.69 Å². The van der Waals surface area contributed by atoms with Gasteiger partial charge in [-0.15, -0.1) is 0 Å². The Bertz CT molecular complexity index is 1080. The first-order valence-corrected chi connectivity index (χ1v) is 9.60. The Morgan fingerprint density at radius 3 is 2.34 bits per heavy atom. The van der Waals surface area contributed by atoms with E-state index in [1.807, 2.05) is 18.4 Å². The maximum Gasteiger partial charge on any atom is 0.257 e. The third kappa shape index (κ3) is 3.92. The van der Waals surface area contributed by atoms with Gasteiger partial charge in [0.15, 0.2) is 0 Å². The third-order valence-corrected chi connectivity index (χ3v) is 5.09. The summed E-state index contributed by atoms with van der Waals surface area (Å²) in [5, 5.41) is 5.82. The van der Waals surface area contributed by atoms with Crippen molar-refractivity contribution in [1.82, 2.24) is 9.88 Å². The molecule has 3 aromatic rings. The summed E-state index contributed by atoms with van der Waals surface area (Å²) in [6.07, 6.45) is 1.99. The molecule has 6 heteroatoms. The van der Waals surface area contributed by atoms with Crippen LogP contribution in [0.25, 0.3) is 5.69 Å². The molecule has 0 unspecified atom stereocenters. The van der Waals surface area contributed by atoms with E-state index >= 15 is 0 Å². The topological polar surface area (TPSA) is 63.1 Å². The van der Waals surface area contributed by atoms with E-state index in [0.717, 1.165) is 29.9 Å². The van der Waals surface area contributed by atoms with E-state index < -0.39 is 0 Å². The lowest BCUT2D eigenvalue weighted by atomic mass is 10.1. The Balaban J connectivity index is 1.61. The largest absolute Gasteiger partial charge is 0.349 e. The van der Waals surface area contributed by atoms with E-state index in [1.165, 1.54) is 12.1 Å². The molecule has 2 N–H and O–H groups in total. The Hall–Kier alpha value is -3.41. The summed E-state index contributed by atoms with van der Waals surface area (Å²) in [6.45, 7) is 3.74. The van der Waals surface area contributed by atoms with Crippen molar-refractivity contribution in [3.63, 3.8) is 0 Å². The van der Waals surface area contributed by atoms with E-state index in [9.17, 15) is 14.0 Å². The second kappa shape index (κ2) is 7.54. The summed E-state index contributed by atoms with van der Waals surface area (Å²) in [5.41, 5.74) is 3.81. The number of aryl methyl sites for hydroxylation is 1. The van der Waals surface area contributed by atoms with Crippen molar-refractivity contribution in [3.05, 3.63) is 82.9 Å². The highest BCUT2D eigenvalue weighted by atomic mass is 19.1. The minimum absolute atomic E-state index is 0.180. The lowest BCUT2D eigenvalue weighted by Gasteiger charge is -2.12. The first-order chi connectivity index (χ1) is 13.9. The van der Waals surface area contributed by atoms with Crippen molar-refractivity contribution < 1.29 is 14.0 Å². The van der Waals surface area contributed by atoms with Gasteiger partial charge in [0.2, 0.25) is 0 Å². The van der Waals surface area contributed by atoms with Gasteiger partial charge in [-0.2, -0.15) is 0 Å². The Morgan fingerprint density at radius 1 is 0.966 bits per heavy atom. The zero-order valence-corrected chi connectivity index (χ0v) is 16.3. The van der Waals surface area contributed by atoms with Crippen molar-refractivity contribution in [2.24, 2.45) is 0 Å². The molecule has 148 valence electrons. The van der Waals surface area contributed by atoms with Crippen LogP contribution >= 0.6 is 0 Å². The lowest BCUT2D eigenvalue weighted by molar-refractivity contribution is 0.0952. The molecular formula is C23H22FN3O2. The van der Waals surface area contributed by atoms with Crippen molar-refractivity contribution in [1.29, 1.82) is 0 Å². The van der Waals surface area contributed by atoms with Crippen molar-refractivity contribution in [2.75, 3.05) is 5.32 Å². The number of rotatable bonds is 5. The van der Waals surface area contributed by atoms with Gasteiger partial charge >= 0.3 is 0 Å². The fraction of sp³-hybridized carbons (Fsp3) is 0.217. The summed E-state index contributed by atoms with van der Waals surface area (Å²) in [5.74, 6) is -0.784. The number of nitrogens with zero attached hydrogens (tertiary/aromatic N) is 1. The van der Waals surface area contributed by atoms with Crippen molar-refractivity contribution in [2.45, 2.75) is 32.7 Å². The number of halogens is 1. The van der Waals surface area contributed by atoms with Gasteiger partial charge in [-0.05, 0) is 69.2 Å². The Morgan fingerprint density at radius 2 is 1.66 bits per heavy atom. The van der Waals surface area contributed by atoms with Crippen LogP contribution in [0.15, 0.2) is 54.6 Å². The smallest absolute Gasteiger partial charge is 0.257 e. The zero-order chi connectivity index (χ0) is 20.5. The molecule has 4 rings (SSSR count). The normalized spacial score (nSPS) is 13.2. The summed E-state index contributed by atoms with van der Waals surface area (Å²) in [6, 6.07) is 15.1. The standard InChI is InChI=1S/C23H22FN3O2/c1-14-13-20(15(2)27(14)18-11-7-16(24)8-12-18)23(29)26-21-6-4-3-5-19(21)22(28)25-17-9-10-17/h3-8,11-13,17H,9-10H2,1-2H3,(H,25,28)(H,26,29). The van der Waals surface area contributed by atoms with Gasteiger partial charge in [0.05, 0.1) is 16.8 Å². The number of hydrogen-bond donors (Lipinski definition) is 2. The van der Waals surface area contributed by atoms with Gasteiger partial charge in [0, 0.05) is 23.1 Å². The first-order valence-electron chi connectivity index (χ1n) is 9.60. The van der Waals surface area contributed by atoms with Gasteiger partial charge in [0.1, 0.15) is 5.82 Å². The Labute approximate surface area is 168 Å². The quantitative estimate of drug-likeness (QED) is 0.678. The molecule has 1 aromatic heterocycles. The van der Waals surface area contributed by atoms with E-state index in [2.05, 4.69) is 10.6 Å². The SMILES string of the molecule is Cc1cc(C(=O)Nc2ccccc2C(=O)NC2CC2)c(C)n1-c1ccc(F)cc1. The highest BCUT2D eigenvalue weighted by Gasteiger charge is 2.25. The Kier molecular flexibility index (Phi) is 4.92. The van der Waals surface area contributed by atoms with Gasteiger partial charge in [-0.25, -0.2) is 4.39 Å². The van der Waals surface area contributed by atoms with Gasteiger partial charge < -0.3 is 15.2 Å². The maximum atomic E-state index is 13.3. The molecule has 0 aliphatic heterocycles. The first kappa shape index (κ1) is 18.9. The molecule has 0 atom stereocenters. The van der Waals surface area contributed by atoms with Gasteiger partial charge in [-0.1, -0.05) is 12.1 Å². The van der Waals surface area contributed by atoms with Crippen LogP contribution in [-0.2, 0) is 0 Å². The second-order valence-electron chi connectivity index (χ2n) is 7.34. The van der Waals surface area contributed by atoms with Crippen LogP contribution in [0.5, 0.6) is 0 Å². The highest BCUT2D eigenvalue weighted by Crippen LogP contribution is 2.24. The maximum absolute atomic E-state index is 13.3. The minimum Gasteiger partial charge on any atom is -0.349 e. The van der Waals surface area contributed by atoms with Crippen LogP contribution in [0.1, 0.15) is 44.9 Å². The number of para-hydroxylation sites is 1. The average molecular weight is 391 g/mol.